The normalized spacial score (nSPS) is 24.3. The van der Waals surface area contributed by atoms with Crippen molar-refractivity contribution in [2.45, 2.75) is 12.2 Å². The number of methoxy groups -OCH3 is 1. The van der Waals surface area contributed by atoms with Gasteiger partial charge in [-0.05, 0) is 6.07 Å². The van der Waals surface area contributed by atoms with Gasteiger partial charge in [0.2, 0.25) is 0 Å². The minimum Gasteiger partial charge on any atom is -0.493 e. The lowest BCUT2D eigenvalue weighted by atomic mass is 10.2. The molecule has 1 aliphatic rings. The third kappa shape index (κ3) is 2.99. The van der Waals surface area contributed by atoms with Gasteiger partial charge in [-0.3, -0.25) is 10.1 Å². The molecule has 8 nitrogen and oxygen atoms in total. The van der Waals surface area contributed by atoms with Gasteiger partial charge in [-0.25, -0.2) is 8.42 Å². The Bertz CT molecular complexity index is 628. The Kier molecular flexibility index (Phi) is 3.82. The van der Waals surface area contributed by atoms with Crippen LogP contribution in [0.1, 0.15) is 0 Å². The molecule has 0 saturated carbocycles. The Morgan fingerprint density at radius 2 is 2.05 bits per heavy atom. The number of ether oxygens (including phenoxy) is 2. The summed E-state index contributed by atoms with van der Waals surface area (Å²) in [7, 11) is -2.00. The number of nitro benzene ring substituents is 1. The van der Waals surface area contributed by atoms with Gasteiger partial charge in [0.25, 0.3) is 5.69 Å². The molecule has 1 aliphatic heterocycles. The van der Waals surface area contributed by atoms with Gasteiger partial charge in [-0.2, -0.15) is 0 Å². The van der Waals surface area contributed by atoms with E-state index in [1.54, 1.807) is 0 Å². The average Bonchev–Trinajstić information content (AvgIpc) is 2.62. The molecule has 1 saturated heterocycles. The highest BCUT2D eigenvalue weighted by Crippen LogP contribution is 2.33. The molecule has 0 spiro atoms. The number of hydrogen-bond acceptors (Lipinski definition) is 7. The zero-order valence-electron chi connectivity index (χ0n) is 10.6. The summed E-state index contributed by atoms with van der Waals surface area (Å²) in [6.07, 6.45) is -2.13. The third-order valence-corrected chi connectivity index (χ3v) is 4.59. The van der Waals surface area contributed by atoms with Gasteiger partial charge in [0.05, 0.1) is 29.6 Å². The molecule has 0 radical (unpaired) electrons. The average molecular weight is 303 g/mol. The predicted molar refractivity (Wildman–Crippen MR) is 68.7 cm³/mol. The number of nitrogens with zero attached hydrogens (tertiary/aromatic N) is 1. The standard InChI is InChI=1S/C11H13NO7S/c1-18-9-3-2-7(12(14)15)4-10(9)19-11-6-20(16,17)5-8(11)13/h2-4,8,11,13H,5-6H2,1H3. The first-order chi connectivity index (χ1) is 9.32. The maximum Gasteiger partial charge on any atom is 0.273 e. The number of aliphatic hydroxyl groups excluding tert-OH is 1. The van der Waals surface area contributed by atoms with Gasteiger partial charge in [-0.1, -0.05) is 0 Å². The van der Waals surface area contributed by atoms with E-state index in [2.05, 4.69) is 0 Å². The minimum atomic E-state index is -3.36. The molecule has 1 aromatic carbocycles. The summed E-state index contributed by atoms with van der Waals surface area (Å²) in [5.74, 6) is -0.454. The first-order valence-electron chi connectivity index (χ1n) is 5.70. The molecule has 1 heterocycles. The second kappa shape index (κ2) is 5.25. The Hall–Kier alpha value is -1.87. The van der Waals surface area contributed by atoms with E-state index >= 15 is 0 Å². The topological polar surface area (TPSA) is 116 Å². The van der Waals surface area contributed by atoms with E-state index in [1.807, 2.05) is 0 Å². The number of sulfone groups is 1. The van der Waals surface area contributed by atoms with Gasteiger partial charge in [0.1, 0.15) is 12.2 Å². The molecule has 0 amide bonds. The predicted octanol–water partition coefficient (Wildman–Crippen LogP) is 0.140. The molecule has 1 aromatic rings. The number of non-ortho nitro benzene ring substituents is 1. The lowest BCUT2D eigenvalue weighted by molar-refractivity contribution is -0.385. The maximum atomic E-state index is 11.4. The fourth-order valence-corrected chi connectivity index (χ4v) is 3.61. The van der Waals surface area contributed by atoms with E-state index in [9.17, 15) is 23.6 Å². The summed E-state index contributed by atoms with van der Waals surface area (Å²) in [5.41, 5.74) is -0.212. The summed E-state index contributed by atoms with van der Waals surface area (Å²) in [6, 6.07) is 3.73. The molecule has 0 aliphatic carbocycles. The van der Waals surface area contributed by atoms with Gasteiger partial charge < -0.3 is 14.6 Å². The Morgan fingerprint density at radius 1 is 1.35 bits per heavy atom. The van der Waals surface area contributed by atoms with Crippen LogP contribution >= 0.6 is 0 Å². The van der Waals surface area contributed by atoms with Crippen molar-refractivity contribution in [1.29, 1.82) is 0 Å². The first kappa shape index (κ1) is 14.5. The fourth-order valence-electron chi connectivity index (χ4n) is 1.94. The zero-order chi connectivity index (χ0) is 14.9. The van der Waals surface area contributed by atoms with Gasteiger partial charge >= 0.3 is 0 Å². The van der Waals surface area contributed by atoms with E-state index in [4.69, 9.17) is 9.47 Å². The molecule has 1 fully saturated rings. The lowest BCUT2D eigenvalue weighted by Crippen LogP contribution is -2.29. The van der Waals surface area contributed by atoms with E-state index in [0.29, 0.717) is 0 Å². The Morgan fingerprint density at radius 3 is 2.55 bits per heavy atom. The zero-order valence-corrected chi connectivity index (χ0v) is 11.4. The molecule has 0 aromatic heterocycles. The number of benzene rings is 1. The van der Waals surface area contributed by atoms with Crippen LogP contribution in [0.25, 0.3) is 0 Å². The molecule has 9 heteroatoms. The summed E-state index contributed by atoms with van der Waals surface area (Å²) < 4.78 is 33.2. The number of nitro groups is 1. The van der Waals surface area contributed by atoms with Crippen LogP contribution in [0.15, 0.2) is 18.2 Å². The van der Waals surface area contributed by atoms with Crippen LogP contribution < -0.4 is 9.47 Å². The van der Waals surface area contributed by atoms with Crippen molar-refractivity contribution in [3.05, 3.63) is 28.3 Å². The van der Waals surface area contributed by atoms with E-state index < -0.39 is 27.0 Å². The van der Waals surface area contributed by atoms with Crippen LogP contribution in [-0.4, -0.2) is 49.3 Å². The largest absolute Gasteiger partial charge is 0.493 e. The van der Waals surface area contributed by atoms with E-state index in [-0.39, 0.29) is 28.7 Å². The number of aliphatic hydroxyl groups is 1. The summed E-state index contributed by atoms with van der Waals surface area (Å²) in [4.78, 5) is 10.1. The van der Waals surface area contributed by atoms with Crippen molar-refractivity contribution >= 4 is 15.5 Å². The van der Waals surface area contributed by atoms with E-state index in [1.165, 1.54) is 19.2 Å². The second-order valence-corrected chi connectivity index (χ2v) is 6.55. The Balaban J connectivity index is 2.28. The van der Waals surface area contributed by atoms with Crippen molar-refractivity contribution in [1.82, 2.24) is 0 Å². The number of rotatable bonds is 4. The first-order valence-corrected chi connectivity index (χ1v) is 7.52. The van der Waals surface area contributed by atoms with Crippen LogP contribution in [0.3, 0.4) is 0 Å². The maximum absolute atomic E-state index is 11.4. The van der Waals surface area contributed by atoms with Crippen LogP contribution in [0.2, 0.25) is 0 Å². The molecule has 0 bridgehead atoms. The van der Waals surface area contributed by atoms with Crippen molar-refractivity contribution < 1.29 is 27.9 Å². The fraction of sp³-hybridized carbons (Fsp3) is 0.455. The van der Waals surface area contributed by atoms with Crippen molar-refractivity contribution in [2.24, 2.45) is 0 Å². The molecule has 1 N–H and O–H groups in total. The quantitative estimate of drug-likeness (QED) is 0.621. The molecular formula is C11H13NO7S. The Labute approximate surface area is 115 Å². The molecule has 20 heavy (non-hydrogen) atoms. The van der Waals surface area contributed by atoms with Gasteiger partial charge in [0, 0.05) is 6.07 Å². The molecular weight excluding hydrogens is 290 g/mol. The van der Waals surface area contributed by atoms with Crippen molar-refractivity contribution in [3.8, 4) is 11.5 Å². The molecule has 110 valence electrons. The monoisotopic (exact) mass is 303 g/mol. The minimum absolute atomic E-state index is 0.0304. The lowest BCUT2D eigenvalue weighted by Gasteiger charge is -2.17. The molecule has 2 atom stereocenters. The van der Waals surface area contributed by atoms with Crippen molar-refractivity contribution in [3.63, 3.8) is 0 Å². The van der Waals surface area contributed by atoms with Crippen LogP contribution in [0.5, 0.6) is 11.5 Å². The summed E-state index contributed by atoms with van der Waals surface area (Å²) in [5, 5.41) is 20.4. The SMILES string of the molecule is COc1ccc([N+](=O)[O-])cc1OC1CS(=O)(=O)CC1O. The highest BCUT2D eigenvalue weighted by Gasteiger charge is 2.38. The third-order valence-electron chi connectivity index (χ3n) is 2.91. The molecule has 2 rings (SSSR count). The number of hydrogen-bond donors (Lipinski definition) is 1. The van der Waals surface area contributed by atoms with Gasteiger partial charge in [-0.15, -0.1) is 0 Å². The molecule has 2 unspecified atom stereocenters. The summed E-state index contributed by atoms with van der Waals surface area (Å²) in [6.45, 7) is 0. The summed E-state index contributed by atoms with van der Waals surface area (Å²) >= 11 is 0. The van der Waals surface area contributed by atoms with Crippen LogP contribution in [-0.2, 0) is 9.84 Å². The van der Waals surface area contributed by atoms with Gasteiger partial charge in [0.15, 0.2) is 21.3 Å². The van der Waals surface area contributed by atoms with Crippen molar-refractivity contribution in [2.75, 3.05) is 18.6 Å². The van der Waals surface area contributed by atoms with Crippen LogP contribution in [0.4, 0.5) is 5.69 Å². The highest BCUT2D eigenvalue weighted by atomic mass is 32.2. The van der Waals surface area contributed by atoms with E-state index in [0.717, 1.165) is 6.07 Å². The van der Waals surface area contributed by atoms with Crippen LogP contribution in [0, 0.1) is 10.1 Å². The highest BCUT2D eigenvalue weighted by molar-refractivity contribution is 7.91. The second-order valence-electron chi connectivity index (χ2n) is 4.39. The smallest absolute Gasteiger partial charge is 0.273 e.